The summed E-state index contributed by atoms with van der Waals surface area (Å²) in [5, 5.41) is 9.94. The fourth-order valence-corrected chi connectivity index (χ4v) is 4.00. The summed E-state index contributed by atoms with van der Waals surface area (Å²) >= 11 is 0. The molecular formula is C29H28N2O4. The van der Waals surface area contributed by atoms with Crippen molar-refractivity contribution in [1.82, 2.24) is 9.55 Å². The van der Waals surface area contributed by atoms with Crippen LogP contribution >= 0.6 is 0 Å². The highest BCUT2D eigenvalue weighted by molar-refractivity contribution is 6.00. The van der Waals surface area contributed by atoms with Crippen LogP contribution in [0.25, 0.3) is 22.2 Å². The van der Waals surface area contributed by atoms with E-state index in [0.29, 0.717) is 23.4 Å². The predicted octanol–water partition coefficient (Wildman–Crippen LogP) is 5.43. The molecule has 0 fully saturated rings. The van der Waals surface area contributed by atoms with Gasteiger partial charge in [-0.2, -0.15) is 0 Å². The van der Waals surface area contributed by atoms with Gasteiger partial charge in [-0.05, 0) is 62.1 Å². The van der Waals surface area contributed by atoms with Crippen LogP contribution < -0.4 is 4.74 Å². The molecule has 0 aliphatic heterocycles. The zero-order chi connectivity index (χ0) is 25.0. The van der Waals surface area contributed by atoms with Crippen molar-refractivity contribution in [3.05, 3.63) is 83.7 Å². The highest BCUT2D eigenvalue weighted by Crippen LogP contribution is 2.37. The molecule has 2 aromatic heterocycles. The molecule has 35 heavy (non-hydrogen) atoms. The van der Waals surface area contributed by atoms with E-state index >= 15 is 0 Å². The first kappa shape index (κ1) is 24.1. The molecule has 6 nitrogen and oxygen atoms in total. The highest BCUT2D eigenvalue weighted by Gasteiger charge is 2.27. The Hall–Kier alpha value is -4.08. The van der Waals surface area contributed by atoms with Gasteiger partial charge in [-0.1, -0.05) is 42.3 Å². The molecule has 0 radical (unpaired) electrons. The molecule has 2 heterocycles. The van der Waals surface area contributed by atoms with E-state index in [0.717, 1.165) is 27.9 Å². The Morgan fingerprint density at radius 3 is 2.51 bits per heavy atom. The number of nitrogens with zero attached hydrogens (tertiary/aromatic N) is 2. The SMILES string of the molecule is COc1ccc2c(Cc3cccc(C#CCO)n3)c(-c3ccccc3)n(C(=O)OC(C)(C)C)c2c1. The van der Waals surface area contributed by atoms with E-state index in [9.17, 15) is 4.79 Å². The maximum absolute atomic E-state index is 13.5. The lowest BCUT2D eigenvalue weighted by Gasteiger charge is -2.21. The quantitative estimate of drug-likeness (QED) is 0.404. The van der Waals surface area contributed by atoms with Crippen molar-refractivity contribution in [2.75, 3.05) is 13.7 Å². The van der Waals surface area contributed by atoms with Crippen LogP contribution in [-0.2, 0) is 11.2 Å². The lowest BCUT2D eigenvalue weighted by atomic mass is 10.0. The molecule has 0 bridgehead atoms. The van der Waals surface area contributed by atoms with Crippen LogP contribution in [0.3, 0.4) is 0 Å². The Morgan fingerprint density at radius 2 is 1.83 bits per heavy atom. The largest absolute Gasteiger partial charge is 0.497 e. The van der Waals surface area contributed by atoms with Crippen molar-refractivity contribution in [3.63, 3.8) is 0 Å². The third-order valence-electron chi connectivity index (χ3n) is 5.36. The summed E-state index contributed by atoms with van der Waals surface area (Å²) in [6, 6.07) is 21.1. The van der Waals surface area contributed by atoms with Gasteiger partial charge in [-0.25, -0.2) is 14.3 Å². The molecule has 178 valence electrons. The van der Waals surface area contributed by atoms with Gasteiger partial charge < -0.3 is 14.6 Å². The minimum atomic E-state index is -0.665. The van der Waals surface area contributed by atoms with E-state index < -0.39 is 11.7 Å². The number of ether oxygens (including phenoxy) is 2. The van der Waals surface area contributed by atoms with E-state index in [1.807, 2.05) is 81.4 Å². The van der Waals surface area contributed by atoms with Gasteiger partial charge in [0.25, 0.3) is 0 Å². The second-order valence-corrected chi connectivity index (χ2v) is 9.04. The molecule has 0 aliphatic carbocycles. The van der Waals surface area contributed by atoms with Gasteiger partial charge in [0.05, 0.1) is 18.3 Å². The Morgan fingerprint density at radius 1 is 1.06 bits per heavy atom. The molecule has 0 saturated heterocycles. The van der Waals surface area contributed by atoms with Gasteiger partial charge >= 0.3 is 6.09 Å². The van der Waals surface area contributed by atoms with E-state index in [-0.39, 0.29) is 6.61 Å². The number of rotatable bonds is 4. The van der Waals surface area contributed by atoms with Crippen LogP contribution in [0.5, 0.6) is 5.75 Å². The van der Waals surface area contributed by atoms with Crippen molar-refractivity contribution >= 4 is 17.0 Å². The summed E-state index contributed by atoms with van der Waals surface area (Å²) in [7, 11) is 1.60. The van der Waals surface area contributed by atoms with Crippen molar-refractivity contribution < 1.29 is 19.4 Å². The average Bonchev–Trinajstić information content (AvgIpc) is 3.15. The lowest BCUT2D eigenvalue weighted by molar-refractivity contribution is 0.0547. The minimum absolute atomic E-state index is 0.227. The number of carbonyl (C=O) groups is 1. The van der Waals surface area contributed by atoms with Crippen LogP contribution in [0.15, 0.2) is 66.7 Å². The molecule has 0 amide bonds. The van der Waals surface area contributed by atoms with Crippen molar-refractivity contribution in [2.45, 2.75) is 32.8 Å². The van der Waals surface area contributed by atoms with Gasteiger partial charge in [0.15, 0.2) is 0 Å². The Labute approximate surface area is 205 Å². The smallest absolute Gasteiger partial charge is 0.419 e. The number of aliphatic hydroxyl groups excluding tert-OH is 1. The number of hydrogen-bond acceptors (Lipinski definition) is 5. The van der Waals surface area contributed by atoms with Crippen LogP contribution in [-0.4, -0.2) is 40.1 Å². The molecule has 4 aromatic rings. The normalized spacial score (nSPS) is 11.1. The average molecular weight is 469 g/mol. The molecule has 2 aromatic carbocycles. The van der Waals surface area contributed by atoms with Crippen molar-refractivity contribution in [2.24, 2.45) is 0 Å². The molecule has 0 spiro atoms. The fraction of sp³-hybridized carbons (Fsp3) is 0.241. The van der Waals surface area contributed by atoms with E-state index in [1.165, 1.54) is 0 Å². The van der Waals surface area contributed by atoms with Gasteiger partial charge in [-0.3, -0.25) is 0 Å². The Kier molecular flexibility index (Phi) is 6.90. The number of methoxy groups -OCH3 is 1. The predicted molar refractivity (Wildman–Crippen MR) is 137 cm³/mol. The zero-order valence-electron chi connectivity index (χ0n) is 20.3. The highest BCUT2D eigenvalue weighted by atomic mass is 16.6. The van der Waals surface area contributed by atoms with Gasteiger partial charge in [0.2, 0.25) is 0 Å². The molecule has 6 heteroatoms. The zero-order valence-corrected chi connectivity index (χ0v) is 20.3. The Bertz CT molecular complexity index is 1420. The Balaban J connectivity index is 1.98. The summed E-state index contributed by atoms with van der Waals surface area (Å²) in [6.07, 6.45) is 0.00805. The first-order chi connectivity index (χ1) is 16.8. The molecule has 0 saturated carbocycles. The van der Waals surface area contributed by atoms with Gasteiger partial charge in [-0.15, -0.1) is 0 Å². The minimum Gasteiger partial charge on any atom is -0.497 e. The first-order valence-electron chi connectivity index (χ1n) is 11.4. The third kappa shape index (κ3) is 5.37. The second kappa shape index (κ2) is 10.0. The topological polar surface area (TPSA) is 73.6 Å². The maximum Gasteiger partial charge on any atom is 0.419 e. The summed E-state index contributed by atoms with van der Waals surface area (Å²) < 4.78 is 12.9. The number of benzene rings is 2. The van der Waals surface area contributed by atoms with Crippen LogP contribution in [0.2, 0.25) is 0 Å². The van der Waals surface area contributed by atoms with Gasteiger partial charge in [0.1, 0.15) is 23.7 Å². The lowest BCUT2D eigenvalue weighted by Crippen LogP contribution is -2.27. The fourth-order valence-electron chi connectivity index (χ4n) is 4.00. The molecule has 0 atom stereocenters. The molecule has 1 N–H and O–H groups in total. The standard InChI is InChI=1S/C29H28N2O4/c1-29(2,3)35-28(33)31-26-19-23(34-4)15-16-24(26)25(27(31)20-10-6-5-7-11-20)18-22-13-8-12-21(30-22)14-9-17-32/h5-8,10-13,15-16,19,32H,17-18H2,1-4H3. The summed E-state index contributed by atoms with van der Waals surface area (Å²) in [5.74, 6) is 6.14. The molecular weight excluding hydrogens is 440 g/mol. The number of fused-ring (bicyclic) bond motifs is 1. The molecule has 0 aliphatic rings. The summed E-state index contributed by atoms with van der Waals surface area (Å²) in [6.45, 7) is 5.32. The number of aromatic nitrogens is 2. The summed E-state index contributed by atoms with van der Waals surface area (Å²) in [5.41, 5.74) is 3.99. The van der Waals surface area contributed by atoms with E-state index in [1.54, 1.807) is 17.7 Å². The van der Waals surface area contributed by atoms with E-state index in [4.69, 9.17) is 14.6 Å². The van der Waals surface area contributed by atoms with Crippen LogP contribution in [0.1, 0.15) is 37.7 Å². The van der Waals surface area contributed by atoms with E-state index in [2.05, 4.69) is 16.8 Å². The molecule has 4 rings (SSSR count). The maximum atomic E-state index is 13.5. The monoisotopic (exact) mass is 468 g/mol. The van der Waals surface area contributed by atoms with Crippen molar-refractivity contribution in [3.8, 4) is 28.8 Å². The number of pyridine rings is 1. The number of aliphatic hydroxyl groups is 1. The summed E-state index contributed by atoms with van der Waals surface area (Å²) in [4.78, 5) is 18.2. The van der Waals surface area contributed by atoms with Gasteiger partial charge in [0, 0.05) is 23.6 Å². The van der Waals surface area contributed by atoms with Crippen LogP contribution in [0.4, 0.5) is 4.79 Å². The molecule has 0 unspecified atom stereocenters. The number of carbonyl (C=O) groups excluding carboxylic acids is 1. The number of hydrogen-bond donors (Lipinski definition) is 1. The third-order valence-corrected chi connectivity index (χ3v) is 5.36. The van der Waals surface area contributed by atoms with Crippen LogP contribution in [0, 0.1) is 11.8 Å². The first-order valence-corrected chi connectivity index (χ1v) is 11.4. The second-order valence-electron chi connectivity index (χ2n) is 9.04. The van der Waals surface area contributed by atoms with Crippen molar-refractivity contribution in [1.29, 1.82) is 0 Å².